The van der Waals surface area contributed by atoms with E-state index in [1.807, 2.05) is 23.1 Å². The van der Waals surface area contributed by atoms with Gasteiger partial charge in [-0.1, -0.05) is 6.07 Å². The Morgan fingerprint density at radius 1 is 1.15 bits per heavy atom. The Kier molecular flexibility index (Phi) is 6.40. The molecule has 12 heteroatoms. The van der Waals surface area contributed by atoms with Gasteiger partial charge >= 0.3 is 12.1 Å². The van der Waals surface area contributed by atoms with Crippen molar-refractivity contribution in [1.82, 2.24) is 14.9 Å². The number of halogens is 1. The maximum absolute atomic E-state index is 15.4. The van der Waals surface area contributed by atoms with Crippen molar-refractivity contribution >= 4 is 40.5 Å². The lowest BCUT2D eigenvalue weighted by molar-refractivity contribution is -0.119. The van der Waals surface area contributed by atoms with E-state index in [1.165, 1.54) is 13.1 Å². The molecular formula is C28H28FN5O6. The highest BCUT2D eigenvalue weighted by atomic mass is 19.1. The number of rotatable bonds is 6. The molecule has 1 atom stereocenters. The molecule has 40 heavy (non-hydrogen) atoms. The van der Waals surface area contributed by atoms with E-state index >= 15 is 4.39 Å². The number of carboxylic acid groups (broad SMARTS) is 1. The fraction of sp³-hybridized carbons (Fsp3) is 0.393. The average molecular weight is 550 g/mol. The quantitative estimate of drug-likeness (QED) is 0.479. The van der Waals surface area contributed by atoms with Crippen LogP contribution >= 0.6 is 0 Å². The van der Waals surface area contributed by atoms with Gasteiger partial charge in [0.05, 0.1) is 18.5 Å². The van der Waals surface area contributed by atoms with Gasteiger partial charge in [-0.25, -0.2) is 19.0 Å². The fourth-order valence-electron chi connectivity index (χ4n) is 5.43. The zero-order valence-corrected chi connectivity index (χ0v) is 21.9. The number of anilines is 2. The maximum atomic E-state index is 15.4. The number of fused-ring (bicyclic) bond motifs is 2. The van der Waals surface area contributed by atoms with Crippen molar-refractivity contribution < 1.29 is 28.6 Å². The second-order valence-corrected chi connectivity index (χ2v) is 10.5. The van der Waals surface area contributed by atoms with Crippen LogP contribution in [0.4, 0.5) is 20.7 Å². The van der Waals surface area contributed by atoms with Crippen molar-refractivity contribution in [2.45, 2.75) is 44.8 Å². The summed E-state index contributed by atoms with van der Waals surface area (Å²) in [5.74, 6) is -2.09. The van der Waals surface area contributed by atoms with Crippen LogP contribution in [0.3, 0.4) is 0 Å². The SMILES string of the molecule is CC(=O)NCC1CN(c2ccc3c(c2)CCN(c2nc4c(cc2F)c(=O)c(C(=O)O)cn4C2CC2)CC3)C(=O)O1. The molecule has 1 aliphatic carbocycles. The van der Waals surface area contributed by atoms with E-state index in [2.05, 4.69) is 10.3 Å². The van der Waals surface area contributed by atoms with E-state index in [1.54, 1.807) is 9.47 Å². The zero-order valence-electron chi connectivity index (χ0n) is 21.9. The molecule has 2 aromatic heterocycles. The normalized spacial score (nSPS) is 18.9. The number of carbonyl (C=O) groups is 3. The summed E-state index contributed by atoms with van der Waals surface area (Å²) in [5, 5.41) is 12.1. The molecule has 6 rings (SSSR count). The van der Waals surface area contributed by atoms with Crippen molar-refractivity contribution in [3.8, 4) is 0 Å². The molecule has 1 unspecified atom stereocenters. The minimum Gasteiger partial charge on any atom is -0.477 e. The number of aromatic nitrogens is 2. The van der Waals surface area contributed by atoms with Crippen LogP contribution in [0.1, 0.15) is 47.3 Å². The third-order valence-electron chi connectivity index (χ3n) is 7.67. The monoisotopic (exact) mass is 549 g/mol. The first-order valence-corrected chi connectivity index (χ1v) is 13.3. The number of carbonyl (C=O) groups excluding carboxylic acids is 2. The van der Waals surface area contributed by atoms with Gasteiger partial charge in [-0.2, -0.15) is 0 Å². The Labute approximate surface area is 228 Å². The predicted molar refractivity (Wildman–Crippen MR) is 144 cm³/mol. The summed E-state index contributed by atoms with van der Waals surface area (Å²) >= 11 is 0. The number of carboxylic acids is 1. The van der Waals surface area contributed by atoms with E-state index in [-0.39, 0.29) is 29.7 Å². The number of aromatic carboxylic acids is 1. The van der Waals surface area contributed by atoms with Crippen molar-refractivity contribution in [3.63, 3.8) is 0 Å². The second-order valence-electron chi connectivity index (χ2n) is 10.5. The van der Waals surface area contributed by atoms with Gasteiger partial charge in [0.15, 0.2) is 11.6 Å². The number of nitrogens with one attached hydrogen (secondary N) is 1. The number of hydrogen-bond donors (Lipinski definition) is 2. The highest BCUT2D eigenvalue weighted by Crippen LogP contribution is 2.37. The van der Waals surface area contributed by atoms with Gasteiger partial charge in [0.1, 0.15) is 17.3 Å². The number of cyclic esters (lactones) is 1. The molecule has 11 nitrogen and oxygen atoms in total. The minimum atomic E-state index is -1.35. The summed E-state index contributed by atoms with van der Waals surface area (Å²) in [6.07, 6.45) is 3.29. The van der Waals surface area contributed by atoms with Gasteiger partial charge in [-0.3, -0.25) is 14.5 Å². The Morgan fingerprint density at radius 3 is 2.60 bits per heavy atom. The molecule has 1 saturated carbocycles. The summed E-state index contributed by atoms with van der Waals surface area (Å²) in [6.45, 7) is 2.93. The van der Waals surface area contributed by atoms with Crippen LogP contribution in [-0.2, 0) is 22.4 Å². The summed E-state index contributed by atoms with van der Waals surface area (Å²) < 4.78 is 22.5. The Balaban J connectivity index is 1.25. The molecule has 2 fully saturated rings. The first kappa shape index (κ1) is 25.8. The second kappa shape index (κ2) is 9.92. The Bertz CT molecular complexity index is 1620. The molecule has 0 bridgehead atoms. The smallest absolute Gasteiger partial charge is 0.414 e. The van der Waals surface area contributed by atoms with Gasteiger partial charge in [0.25, 0.3) is 0 Å². The van der Waals surface area contributed by atoms with Gasteiger partial charge in [0.2, 0.25) is 11.3 Å². The molecule has 3 aliphatic rings. The maximum Gasteiger partial charge on any atom is 0.414 e. The number of ether oxygens (including phenoxy) is 1. The number of amides is 2. The zero-order chi connectivity index (χ0) is 28.1. The van der Waals surface area contributed by atoms with E-state index in [0.717, 1.165) is 30.0 Å². The summed E-state index contributed by atoms with van der Waals surface area (Å²) in [7, 11) is 0. The molecule has 2 aliphatic heterocycles. The molecule has 2 amide bonds. The molecular weight excluding hydrogens is 521 g/mol. The summed E-state index contributed by atoms with van der Waals surface area (Å²) in [5.41, 5.74) is 1.96. The number of hydrogen-bond acceptors (Lipinski definition) is 7. The average Bonchev–Trinajstić information content (AvgIpc) is 3.72. The third kappa shape index (κ3) is 4.74. The summed E-state index contributed by atoms with van der Waals surface area (Å²) in [6, 6.07) is 6.92. The van der Waals surface area contributed by atoms with Crippen LogP contribution < -0.4 is 20.5 Å². The van der Waals surface area contributed by atoms with Crippen LogP contribution in [0, 0.1) is 5.82 Å². The van der Waals surface area contributed by atoms with Crippen LogP contribution in [0.5, 0.6) is 0 Å². The van der Waals surface area contributed by atoms with Crippen LogP contribution in [0.15, 0.2) is 35.3 Å². The van der Waals surface area contributed by atoms with E-state index in [4.69, 9.17) is 4.74 Å². The molecule has 0 spiro atoms. The number of nitrogens with zero attached hydrogens (tertiary/aromatic N) is 4. The standard InChI is InChI=1S/C28H28FN5O6/c1-15(35)30-12-20-13-34(28(39)40-20)19-3-2-16-6-8-32(9-7-17(16)10-19)26-23(29)11-21-24(36)22(27(37)38)14-33(18-4-5-18)25(21)31-26/h2-3,10-11,14,18,20H,4-9,12-13H2,1H3,(H,30,35)(H,37,38). The van der Waals surface area contributed by atoms with Crippen molar-refractivity contribution in [3.05, 3.63) is 63.2 Å². The first-order chi connectivity index (χ1) is 19.2. The number of benzene rings is 1. The molecule has 208 valence electrons. The van der Waals surface area contributed by atoms with E-state index in [0.29, 0.717) is 43.8 Å². The van der Waals surface area contributed by atoms with Crippen molar-refractivity contribution in [2.24, 2.45) is 0 Å². The first-order valence-electron chi connectivity index (χ1n) is 13.3. The van der Waals surface area contributed by atoms with Crippen LogP contribution in [0.2, 0.25) is 0 Å². The van der Waals surface area contributed by atoms with Gasteiger partial charge < -0.3 is 24.6 Å². The van der Waals surface area contributed by atoms with Crippen LogP contribution in [-0.4, -0.2) is 64.9 Å². The Morgan fingerprint density at radius 2 is 1.90 bits per heavy atom. The van der Waals surface area contributed by atoms with E-state index in [9.17, 15) is 24.3 Å². The van der Waals surface area contributed by atoms with Crippen LogP contribution in [0.25, 0.3) is 11.0 Å². The van der Waals surface area contributed by atoms with Gasteiger partial charge in [0, 0.05) is 37.9 Å². The molecule has 1 saturated heterocycles. The fourth-order valence-corrected chi connectivity index (χ4v) is 5.43. The molecule has 3 aromatic rings. The minimum absolute atomic E-state index is 0.0361. The third-order valence-corrected chi connectivity index (χ3v) is 7.67. The van der Waals surface area contributed by atoms with Crippen molar-refractivity contribution in [2.75, 3.05) is 36.0 Å². The topological polar surface area (TPSA) is 134 Å². The highest BCUT2D eigenvalue weighted by molar-refractivity contribution is 5.92. The number of pyridine rings is 2. The molecule has 0 radical (unpaired) electrons. The van der Waals surface area contributed by atoms with E-state index < -0.39 is 35.0 Å². The predicted octanol–water partition coefficient (Wildman–Crippen LogP) is 2.64. The summed E-state index contributed by atoms with van der Waals surface area (Å²) in [4.78, 5) is 56.1. The molecule has 4 heterocycles. The lowest BCUT2D eigenvalue weighted by Gasteiger charge is -2.23. The molecule has 1 aromatic carbocycles. The van der Waals surface area contributed by atoms with Gasteiger partial charge in [-0.15, -0.1) is 0 Å². The lowest BCUT2D eigenvalue weighted by Crippen LogP contribution is -2.33. The van der Waals surface area contributed by atoms with Crippen molar-refractivity contribution in [1.29, 1.82) is 0 Å². The lowest BCUT2D eigenvalue weighted by atomic mass is 10.0. The van der Waals surface area contributed by atoms with Gasteiger partial charge in [-0.05, 0) is 55.0 Å². The molecule has 2 N–H and O–H groups in total. The highest BCUT2D eigenvalue weighted by Gasteiger charge is 2.33. The largest absolute Gasteiger partial charge is 0.477 e. The Hall–Kier alpha value is -4.48.